The third-order valence-electron chi connectivity index (χ3n) is 2.88. The van der Waals surface area contributed by atoms with Crippen molar-refractivity contribution in [3.63, 3.8) is 0 Å². The number of benzene rings is 1. The number of nitrogens with zero attached hydrogens (tertiary/aromatic N) is 3. The molecule has 0 amide bonds. The van der Waals surface area contributed by atoms with E-state index in [1.54, 1.807) is 12.1 Å². The van der Waals surface area contributed by atoms with Gasteiger partial charge in [-0.1, -0.05) is 0 Å². The first-order chi connectivity index (χ1) is 8.72. The Bertz CT molecular complexity index is 491. The van der Waals surface area contributed by atoms with Crippen molar-refractivity contribution in [3.8, 4) is 6.07 Å². The van der Waals surface area contributed by atoms with Gasteiger partial charge in [0.25, 0.3) is 5.69 Å². The van der Waals surface area contributed by atoms with Crippen LogP contribution in [0.4, 0.5) is 11.4 Å². The Balaban J connectivity index is 2.29. The maximum Gasteiger partial charge on any atom is 0.287 e. The average molecular weight is 263 g/mol. The first kappa shape index (κ1) is 12.7. The molecular formula is C12H13N3O2S. The molecule has 0 spiro atoms. The molecule has 0 aliphatic carbocycles. The van der Waals surface area contributed by atoms with Gasteiger partial charge in [0.1, 0.15) is 11.6 Å². The van der Waals surface area contributed by atoms with Gasteiger partial charge in [0, 0.05) is 30.6 Å². The minimum Gasteiger partial charge on any atom is -0.371 e. The van der Waals surface area contributed by atoms with Crippen LogP contribution in [0.3, 0.4) is 0 Å². The van der Waals surface area contributed by atoms with Crippen LogP contribution < -0.4 is 4.90 Å². The molecule has 0 radical (unpaired) electrons. The van der Waals surface area contributed by atoms with Gasteiger partial charge in [-0.25, -0.2) is 0 Å². The number of nitriles is 1. The fourth-order valence-electron chi connectivity index (χ4n) is 1.97. The summed E-state index contributed by atoms with van der Waals surface area (Å²) in [6.07, 6.45) is 1.10. The van der Waals surface area contributed by atoms with Crippen LogP contribution in [0.15, 0.2) is 18.2 Å². The van der Waals surface area contributed by atoms with Gasteiger partial charge >= 0.3 is 0 Å². The van der Waals surface area contributed by atoms with Crippen molar-refractivity contribution in [2.45, 2.75) is 6.42 Å². The summed E-state index contributed by atoms with van der Waals surface area (Å²) in [5.74, 6) is 2.20. The van der Waals surface area contributed by atoms with Crippen LogP contribution in [0.2, 0.25) is 0 Å². The van der Waals surface area contributed by atoms with Crippen LogP contribution in [0.5, 0.6) is 0 Å². The first-order valence-corrected chi connectivity index (χ1v) is 6.89. The van der Waals surface area contributed by atoms with Crippen LogP contribution >= 0.6 is 11.8 Å². The number of nitro benzene ring substituents is 1. The molecule has 0 aromatic heterocycles. The number of thioether (sulfide) groups is 1. The molecule has 0 saturated carbocycles. The second-order valence-corrected chi connectivity index (χ2v) is 5.25. The van der Waals surface area contributed by atoms with Gasteiger partial charge in [0.2, 0.25) is 0 Å². The van der Waals surface area contributed by atoms with E-state index in [0.717, 1.165) is 36.7 Å². The number of nitro groups is 1. The largest absolute Gasteiger partial charge is 0.371 e. The fraction of sp³-hybridized carbons (Fsp3) is 0.417. The zero-order valence-corrected chi connectivity index (χ0v) is 10.7. The summed E-state index contributed by atoms with van der Waals surface area (Å²) >= 11 is 1.92. The highest BCUT2D eigenvalue weighted by molar-refractivity contribution is 7.99. The molecule has 1 saturated heterocycles. The molecule has 5 nitrogen and oxygen atoms in total. The van der Waals surface area contributed by atoms with Gasteiger partial charge in [0.15, 0.2) is 0 Å². The molecule has 2 rings (SSSR count). The molecule has 1 fully saturated rings. The smallest absolute Gasteiger partial charge is 0.287 e. The van der Waals surface area contributed by atoms with E-state index in [-0.39, 0.29) is 11.3 Å². The van der Waals surface area contributed by atoms with E-state index in [1.807, 2.05) is 17.8 Å². The quantitative estimate of drug-likeness (QED) is 0.605. The Hall–Kier alpha value is -1.74. The lowest BCUT2D eigenvalue weighted by Crippen LogP contribution is -2.25. The van der Waals surface area contributed by atoms with Crippen molar-refractivity contribution in [3.05, 3.63) is 33.9 Å². The van der Waals surface area contributed by atoms with Crippen molar-refractivity contribution >= 4 is 23.1 Å². The number of hydrogen-bond donors (Lipinski definition) is 0. The lowest BCUT2D eigenvalue weighted by molar-refractivity contribution is -0.385. The number of hydrogen-bond acceptors (Lipinski definition) is 5. The van der Waals surface area contributed by atoms with Crippen LogP contribution in [0, 0.1) is 21.4 Å². The van der Waals surface area contributed by atoms with Crippen molar-refractivity contribution in [2.75, 3.05) is 29.5 Å². The van der Waals surface area contributed by atoms with Crippen molar-refractivity contribution in [1.82, 2.24) is 0 Å². The van der Waals surface area contributed by atoms with Gasteiger partial charge in [-0.2, -0.15) is 17.0 Å². The molecule has 18 heavy (non-hydrogen) atoms. The normalized spacial score (nSPS) is 15.8. The zero-order valence-electron chi connectivity index (χ0n) is 9.83. The van der Waals surface area contributed by atoms with Crippen LogP contribution in [-0.2, 0) is 0 Å². The lowest BCUT2D eigenvalue weighted by atomic mass is 10.1. The monoisotopic (exact) mass is 263 g/mol. The van der Waals surface area contributed by atoms with E-state index < -0.39 is 4.92 Å². The summed E-state index contributed by atoms with van der Waals surface area (Å²) in [5.41, 5.74) is 0.916. The minimum absolute atomic E-state index is 0.120. The lowest BCUT2D eigenvalue weighted by Gasteiger charge is -2.22. The van der Waals surface area contributed by atoms with Crippen molar-refractivity contribution in [2.24, 2.45) is 0 Å². The summed E-state index contributed by atoms with van der Waals surface area (Å²) in [4.78, 5) is 12.4. The highest BCUT2D eigenvalue weighted by Gasteiger charge is 2.17. The summed E-state index contributed by atoms with van der Waals surface area (Å²) in [6.45, 7) is 1.86. The Labute approximate surface area is 110 Å². The summed E-state index contributed by atoms with van der Waals surface area (Å²) in [7, 11) is 0. The summed E-state index contributed by atoms with van der Waals surface area (Å²) in [6, 6.07) is 6.67. The fourth-order valence-corrected chi connectivity index (χ4v) is 2.86. The topological polar surface area (TPSA) is 70.2 Å². The third kappa shape index (κ3) is 2.74. The molecule has 0 bridgehead atoms. The highest BCUT2D eigenvalue weighted by Crippen LogP contribution is 2.25. The van der Waals surface area contributed by atoms with E-state index in [2.05, 4.69) is 4.90 Å². The highest BCUT2D eigenvalue weighted by atomic mass is 32.2. The molecule has 1 aliphatic heterocycles. The Morgan fingerprint density at radius 1 is 1.39 bits per heavy atom. The van der Waals surface area contributed by atoms with Gasteiger partial charge in [-0.15, -0.1) is 0 Å². The van der Waals surface area contributed by atoms with E-state index in [1.165, 1.54) is 6.07 Å². The van der Waals surface area contributed by atoms with Crippen LogP contribution in [0.1, 0.15) is 12.0 Å². The van der Waals surface area contributed by atoms with E-state index >= 15 is 0 Å². The predicted octanol–water partition coefficient (Wildman–Crippen LogP) is 2.41. The number of rotatable bonds is 2. The minimum atomic E-state index is -0.513. The molecule has 1 aromatic rings. The predicted molar refractivity (Wildman–Crippen MR) is 72.0 cm³/mol. The second-order valence-electron chi connectivity index (χ2n) is 4.02. The molecule has 6 heteroatoms. The molecule has 0 atom stereocenters. The van der Waals surface area contributed by atoms with Gasteiger partial charge < -0.3 is 4.90 Å². The molecule has 1 heterocycles. The maximum absolute atomic E-state index is 10.8. The van der Waals surface area contributed by atoms with Gasteiger partial charge in [-0.05, 0) is 24.3 Å². The SMILES string of the molecule is N#Cc1cc(N2CCCSCC2)ccc1[N+](=O)[O-]. The second kappa shape index (κ2) is 5.74. The van der Waals surface area contributed by atoms with E-state index in [0.29, 0.717) is 0 Å². The standard InChI is InChI=1S/C12H13N3O2S/c13-9-10-8-11(2-3-12(10)15(16)17)14-4-1-6-18-7-5-14/h2-3,8H,1,4-7H2. The van der Waals surface area contributed by atoms with Crippen LogP contribution in [-0.4, -0.2) is 29.5 Å². The van der Waals surface area contributed by atoms with Gasteiger partial charge in [0.05, 0.1) is 4.92 Å². The Kier molecular flexibility index (Phi) is 4.05. The molecule has 0 unspecified atom stereocenters. The number of anilines is 1. The molecule has 0 N–H and O–H groups in total. The van der Waals surface area contributed by atoms with Crippen molar-refractivity contribution < 1.29 is 4.92 Å². The van der Waals surface area contributed by atoms with Crippen LogP contribution in [0.25, 0.3) is 0 Å². The molecular weight excluding hydrogens is 250 g/mol. The van der Waals surface area contributed by atoms with Gasteiger partial charge in [-0.3, -0.25) is 10.1 Å². The average Bonchev–Trinajstić information content (AvgIpc) is 2.66. The summed E-state index contributed by atoms with van der Waals surface area (Å²) in [5, 5.41) is 19.7. The van der Waals surface area contributed by atoms with E-state index in [9.17, 15) is 10.1 Å². The molecule has 1 aromatic carbocycles. The summed E-state index contributed by atoms with van der Waals surface area (Å²) < 4.78 is 0. The zero-order chi connectivity index (χ0) is 13.0. The third-order valence-corrected chi connectivity index (χ3v) is 3.93. The Morgan fingerprint density at radius 3 is 2.94 bits per heavy atom. The first-order valence-electron chi connectivity index (χ1n) is 5.73. The van der Waals surface area contributed by atoms with Crippen molar-refractivity contribution in [1.29, 1.82) is 5.26 Å². The molecule has 1 aliphatic rings. The Morgan fingerprint density at radius 2 is 2.22 bits per heavy atom. The maximum atomic E-state index is 10.8. The molecule has 94 valence electrons. The van der Waals surface area contributed by atoms with E-state index in [4.69, 9.17) is 5.26 Å².